The summed E-state index contributed by atoms with van der Waals surface area (Å²) in [4.78, 5) is 6.00. The van der Waals surface area contributed by atoms with Crippen molar-refractivity contribution in [3.63, 3.8) is 0 Å². The second-order valence-electron chi connectivity index (χ2n) is 4.90. The van der Waals surface area contributed by atoms with Gasteiger partial charge in [0.25, 0.3) is 0 Å². The quantitative estimate of drug-likeness (QED) is 0.867. The van der Waals surface area contributed by atoms with E-state index in [1.807, 2.05) is 11.3 Å². The number of thiazole rings is 1. The smallest absolute Gasteiger partial charge is 0.0900 e. The number of aryl methyl sites for hydroxylation is 2. The van der Waals surface area contributed by atoms with Crippen LogP contribution in [0.3, 0.4) is 0 Å². The van der Waals surface area contributed by atoms with E-state index >= 15 is 0 Å². The van der Waals surface area contributed by atoms with Crippen molar-refractivity contribution in [2.24, 2.45) is 0 Å². The summed E-state index contributed by atoms with van der Waals surface area (Å²) in [6.45, 7) is 6.52. The zero-order valence-corrected chi connectivity index (χ0v) is 11.4. The van der Waals surface area contributed by atoms with Gasteiger partial charge in [0.05, 0.1) is 10.7 Å². The number of aromatic nitrogens is 1. The van der Waals surface area contributed by atoms with E-state index in [1.54, 1.807) is 0 Å². The van der Waals surface area contributed by atoms with E-state index in [9.17, 15) is 0 Å². The van der Waals surface area contributed by atoms with Crippen molar-refractivity contribution in [1.29, 1.82) is 0 Å². The molecule has 1 unspecified atom stereocenters. The Morgan fingerprint density at radius 1 is 1.25 bits per heavy atom. The Morgan fingerprint density at radius 2 is 1.94 bits per heavy atom. The molecule has 0 bridgehead atoms. The lowest BCUT2D eigenvalue weighted by molar-refractivity contribution is 0.344. The molecule has 1 aliphatic carbocycles. The van der Waals surface area contributed by atoms with E-state index in [-0.39, 0.29) is 0 Å². The molecule has 0 spiro atoms. The highest BCUT2D eigenvalue weighted by Gasteiger charge is 2.19. The SMILES string of the molecule is Cc1nc(C(C)NC2CCCCC2)c(C)s1. The molecule has 2 rings (SSSR count). The lowest BCUT2D eigenvalue weighted by atomic mass is 9.95. The molecule has 0 amide bonds. The number of nitrogens with one attached hydrogen (secondary N) is 1. The molecule has 0 saturated heterocycles. The normalized spacial score (nSPS) is 19.9. The van der Waals surface area contributed by atoms with Gasteiger partial charge in [-0.15, -0.1) is 11.3 Å². The first-order valence-corrected chi connectivity index (χ1v) is 7.18. The van der Waals surface area contributed by atoms with Crippen LogP contribution in [0, 0.1) is 13.8 Å². The van der Waals surface area contributed by atoms with Gasteiger partial charge in [-0.1, -0.05) is 19.3 Å². The summed E-state index contributed by atoms with van der Waals surface area (Å²) in [5.74, 6) is 0. The summed E-state index contributed by atoms with van der Waals surface area (Å²) in [7, 11) is 0. The van der Waals surface area contributed by atoms with Gasteiger partial charge in [0.2, 0.25) is 0 Å². The lowest BCUT2D eigenvalue weighted by Crippen LogP contribution is -2.33. The van der Waals surface area contributed by atoms with Gasteiger partial charge in [-0.25, -0.2) is 4.98 Å². The maximum absolute atomic E-state index is 4.63. The molecule has 3 heteroatoms. The first kappa shape index (κ1) is 12.1. The minimum Gasteiger partial charge on any atom is -0.306 e. The van der Waals surface area contributed by atoms with Crippen molar-refractivity contribution < 1.29 is 0 Å². The summed E-state index contributed by atoms with van der Waals surface area (Å²) >= 11 is 1.81. The molecule has 16 heavy (non-hydrogen) atoms. The standard InChI is InChI=1S/C13H22N2S/c1-9(13-10(2)16-11(3)15-13)14-12-7-5-4-6-8-12/h9,12,14H,4-8H2,1-3H3. The monoisotopic (exact) mass is 238 g/mol. The van der Waals surface area contributed by atoms with E-state index in [2.05, 4.69) is 31.1 Å². The average Bonchev–Trinajstić information content (AvgIpc) is 2.59. The minimum absolute atomic E-state index is 0.410. The first-order chi connectivity index (χ1) is 7.66. The van der Waals surface area contributed by atoms with Crippen molar-refractivity contribution >= 4 is 11.3 Å². The Hall–Kier alpha value is -0.410. The first-order valence-electron chi connectivity index (χ1n) is 6.37. The van der Waals surface area contributed by atoms with E-state index in [4.69, 9.17) is 0 Å². The van der Waals surface area contributed by atoms with Gasteiger partial charge in [-0.2, -0.15) is 0 Å². The zero-order chi connectivity index (χ0) is 11.5. The van der Waals surface area contributed by atoms with E-state index in [0.717, 1.165) is 0 Å². The van der Waals surface area contributed by atoms with Crippen LogP contribution in [0.4, 0.5) is 0 Å². The van der Waals surface area contributed by atoms with Gasteiger partial charge >= 0.3 is 0 Å². The van der Waals surface area contributed by atoms with Crippen LogP contribution in [0.15, 0.2) is 0 Å². The topological polar surface area (TPSA) is 24.9 Å². The molecule has 0 aromatic carbocycles. The third-order valence-electron chi connectivity index (χ3n) is 3.44. The van der Waals surface area contributed by atoms with Gasteiger partial charge in [-0.05, 0) is 33.6 Å². The Labute approximate surface area is 102 Å². The molecule has 1 heterocycles. The molecule has 1 saturated carbocycles. The highest BCUT2D eigenvalue weighted by Crippen LogP contribution is 2.25. The van der Waals surface area contributed by atoms with Crippen LogP contribution in [0.2, 0.25) is 0 Å². The molecule has 0 aliphatic heterocycles. The molecule has 1 aromatic rings. The fourth-order valence-electron chi connectivity index (χ4n) is 2.65. The van der Waals surface area contributed by atoms with Crippen LogP contribution in [-0.2, 0) is 0 Å². The summed E-state index contributed by atoms with van der Waals surface area (Å²) in [5.41, 5.74) is 1.26. The van der Waals surface area contributed by atoms with Crippen LogP contribution in [0.1, 0.15) is 60.6 Å². The van der Waals surface area contributed by atoms with Gasteiger partial charge in [0, 0.05) is 17.0 Å². The largest absolute Gasteiger partial charge is 0.306 e. The van der Waals surface area contributed by atoms with Gasteiger partial charge in [0.1, 0.15) is 0 Å². The molecule has 1 aromatic heterocycles. The second kappa shape index (κ2) is 5.28. The van der Waals surface area contributed by atoms with Crippen molar-refractivity contribution in [3.8, 4) is 0 Å². The van der Waals surface area contributed by atoms with Crippen molar-refractivity contribution in [1.82, 2.24) is 10.3 Å². The Morgan fingerprint density at radius 3 is 2.50 bits per heavy atom. The predicted octanol–water partition coefficient (Wildman–Crippen LogP) is 3.74. The molecule has 1 N–H and O–H groups in total. The number of hydrogen-bond acceptors (Lipinski definition) is 3. The average molecular weight is 238 g/mol. The minimum atomic E-state index is 0.410. The lowest BCUT2D eigenvalue weighted by Gasteiger charge is -2.26. The van der Waals surface area contributed by atoms with Crippen LogP contribution < -0.4 is 5.32 Å². The zero-order valence-electron chi connectivity index (χ0n) is 10.5. The number of nitrogens with zero attached hydrogens (tertiary/aromatic N) is 1. The Kier molecular flexibility index (Phi) is 3.98. The molecule has 0 radical (unpaired) electrons. The fraction of sp³-hybridized carbons (Fsp3) is 0.769. The third kappa shape index (κ3) is 2.83. The maximum Gasteiger partial charge on any atom is 0.0900 e. The van der Waals surface area contributed by atoms with Gasteiger partial charge < -0.3 is 5.32 Å². The molecule has 90 valence electrons. The molecule has 2 nitrogen and oxygen atoms in total. The van der Waals surface area contributed by atoms with Crippen molar-refractivity contribution in [3.05, 3.63) is 15.6 Å². The third-order valence-corrected chi connectivity index (χ3v) is 4.34. The number of rotatable bonds is 3. The summed E-state index contributed by atoms with van der Waals surface area (Å²) < 4.78 is 0. The van der Waals surface area contributed by atoms with Crippen LogP contribution in [-0.4, -0.2) is 11.0 Å². The summed E-state index contributed by atoms with van der Waals surface area (Å²) in [6.07, 6.45) is 6.87. The summed E-state index contributed by atoms with van der Waals surface area (Å²) in [6, 6.07) is 1.12. The van der Waals surface area contributed by atoms with Crippen LogP contribution in [0.25, 0.3) is 0 Å². The number of hydrogen-bond donors (Lipinski definition) is 1. The highest BCUT2D eigenvalue weighted by atomic mass is 32.1. The molecule has 1 fully saturated rings. The second-order valence-corrected chi connectivity index (χ2v) is 6.30. The maximum atomic E-state index is 4.63. The van der Waals surface area contributed by atoms with E-state index in [1.165, 1.54) is 47.7 Å². The van der Waals surface area contributed by atoms with E-state index in [0.29, 0.717) is 12.1 Å². The molecular formula is C13H22N2S. The van der Waals surface area contributed by atoms with Crippen molar-refractivity contribution in [2.75, 3.05) is 0 Å². The Bertz CT molecular complexity index is 340. The fourth-order valence-corrected chi connectivity index (χ4v) is 3.56. The van der Waals surface area contributed by atoms with Crippen LogP contribution >= 0.6 is 11.3 Å². The summed E-state index contributed by atoms with van der Waals surface area (Å²) in [5, 5.41) is 4.92. The van der Waals surface area contributed by atoms with Gasteiger partial charge in [-0.3, -0.25) is 0 Å². The molecule has 1 aliphatic rings. The molecule has 1 atom stereocenters. The predicted molar refractivity (Wildman–Crippen MR) is 70.0 cm³/mol. The van der Waals surface area contributed by atoms with Crippen LogP contribution in [0.5, 0.6) is 0 Å². The molecular weight excluding hydrogens is 216 g/mol. The van der Waals surface area contributed by atoms with E-state index < -0.39 is 0 Å². The Balaban J connectivity index is 1.96. The van der Waals surface area contributed by atoms with Crippen molar-refractivity contribution in [2.45, 2.75) is 65.0 Å². The highest BCUT2D eigenvalue weighted by molar-refractivity contribution is 7.11. The van der Waals surface area contributed by atoms with Gasteiger partial charge in [0.15, 0.2) is 0 Å².